The van der Waals surface area contributed by atoms with Gasteiger partial charge in [-0.25, -0.2) is 9.97 Å². The summed E-state index contributed by atoms with van der Waals surface area (Å²) in [6, 6.07) is 2.23. The third-order valence-electron chi connectivity index (χ3n) is 2.63. The van der Waals surface area contributed by atoms with Gasteiger partial charge in [0.15, 0.2) is 0 Å². The second kappa shape index (κ2) is 5.03. The summed E-state index contributed by atoms with van der Waals surface area (Å²) < 4.78 is 5.03. The maximum atomic E-state index is 5.03. The summed E-state index contributed by atoms with van der Waals surface area (Å²) in [7, 11) is 1.55. The van der Waals surface area contributed by atoms with Crippen LogP contribution in [0.25, 0.3) is 0 Å². The van der Waals surface area contributed by atoms with E-state index in [4.69, 9.17) is 4.74 Å². The standard InChI is InChI=1S/C12H17N5O/c1-7-5-10(17-12(14-7)18-4)13-6-11-15-8(2)9(3)16-11/h5H,6H2,1-4H3,(H,15,16)(H,13,14,17). The predicted molar refractivity (Wildman–Crippen MR) is 68.7 cm³/mol. The smallest absolute Gasteiger partial charge is 0.318 e. The lowest BCUT2D eigenvalue weighted by molar-refractivity contribution is 0.379. The number of aryl methyl sites for hydroxylation is 3. The van der Waals surface area contributed by atoms with Gasteiger partial charge >= 0.3 is 6.01 Å². The van der Waals surface area contributed by atoms with E-state index in [1.807, 2.05) is 26.8 Å². The quantitative estimate of drug-likeness (QED) is 0.860. The van der Waals surface area contributed by atoms with Crippen molar-refractivity contribution in [1.29, 1.82) is 0 Å². The highest BCUT2D eigenvalue weighted by molar-refractivity contribution is 5.37. The second-order valence-electron chi connectivity index (χ2n) is 4.13. The molecule has 0 saturated heterocycles. The van der Waals surface area contributed by atoms with Gasteiger partial charge in [0.05, 0.1) is 19.3 Å². The molecule has 0 aromatic carbocycles. The number of imidazole rings is 1. The van der Waals surface area contributed by atoms with Gasteiger partial charge in [-0.15, -0.1) is 0 Å². The van der Waals surface area contributed by atoms with Crippen molar-refractivity contribution in [3.8, 4) is 6.01 Å². The minimum atomic E-state index is 0.365. The average Bonchev–Trinajstić information content (AvgIpc) is 2.65. The van der Waals surface area contributed by atoms with Crippen molar-refractivity contribution in [3.63, 3.8) is 0 Å². The SMILES string of the molecule is COc1nc(C)cc(NCc2nc(C)c(C)[nH]2)n1. The van der Waals surface area contributed by atoms with E-state index in [9.17, 15) is 0 Å². The maximum Gasteiger partial charge on any atom is 0.318 e. The monoisotopic (exact) mass is 247 g/mol. The van der Waals surface area contributed by atoms with Gasteiger partial charge in [0.25, 0.3) is 0 Å². The van der Waals surface area contributed by atoms with Crippen LogP contribution in [-0.4, -0.2) is 27.0 Å². The van der Waals surface area contributed by atoms with E-state index in [-0.39, 0.29) is 0 Å². The molecular formula is C12H17N5O. The molecule has 2 aromatic heterocycles. The highest BCUT2D eigenvalue weighted by atomic mass is 16.5. The predicted octanol–water partition coefficient (Wildman–Crippen LogP) is 1.75. The Labute approximate surface area is 106 Å². The van der Waals surface area contributed by atoms with E-state index in [1.54, 1.807) is 7.11 Å². The first-order valence-electron chi connectivity index (χ1n) is 5.74. The van der Waals surface area contributed by atoms with Crippen molar-refractivity contribution in [1.82, 2.24) is 19.9 Å². The number of ether oxygens (including phenoxy) is 1. The van der Waals surface area contributed by atoms with Crippen LogP contribution in [0.5, 0.6) is 6.01 Å². The van der Waals surface area contributed by atoms with Crippen LogP contribution in [-0.2, 0) is 6.54 Å². The molecule has 2 aromatic rings. The molecule has 0 amide bonds. The maximum absolute atomic E-state index is 5.03. The minimum absolute atomic E-state index is 0.365. The van der Waals surface area contributed by atoms with E-state index in [2.05, 4.69) is 25.3 Å². The molecule has 0 aliphatic heterocycles. The van der Waals surface area contributed by atoms with Crippen molar-refractivity contribution in [2.45, 2.75) is 27.3 Å². The van der Waals surface area contributed by atoms with Gasteiger partial charge in [0.1, 0.15) is 11.6 Å². The van der Waals surface area contributed by atoms with Crippen LogP contribution < -0.4 is 10.1 Å². The van der Waals surface area contributed by atoms with Gasteiger partial charge in [-0.2, -0.15) is 4.98 Å². The number of nitrogens with zero attached hydrogens (tertiary/aromatic N) is 3. The summed E-state index contributed by atoms with van der Waals surface area (Å²) in [6.07, 6.45) is 0. The number of aromatic nitrogens is 4. The molecule has 0 radical (unpaired) electrons. The molecule has 6 nitrogen and oxygen atoms in total. The Morgan fingerprint density at radius 3 is 2.61 bits per heavy atom. The van der Waals surface area contributed by atoms with E-state index in [1.165, 1.54) is 0 Å². The molecule has 2 heterocycles. The molecule has 96 valence electrons. The Hall–Kier alpha value is -2.11. The zero-order valence-electron chi connectivity index (χ0n) is 11.0. The summed E-state index contributed by atoms with van der Waals surface area (Å²) in [5, 5.41) is 3.19. The number of hydrogen-bond donors (Lipinski definition) is 2. The summed E-state index contributed by atoms with van der Waals surface area (Å²) in [5.74, 6) is 1.62. The molecule has 2 N–H and O–H groups in total. The molecule has 18 heavy (non-hydrogen) atoms. The number of anilines is 1. The summed E-state index contributed by atoms with van der Waals surface area (Å²) in [5.41, 5.74) is 2.96. The van der Waals surface area contributed by atoms with Crippen LogP contribution >= 0.6 is 0 Å². The number of rotatable bonds is 4. The van der Waals surface area contributed by atoms with Crippen molar-refractivity contribution < 1.29 is 4.74 Å². The lowest BCUT2D eigenvalue weighted by atomic mass is 10.4. The minimum Gasteiger partial charge on any atom is -0.467 e. The fraction of sp³-hybridized carbons (Fsp3) is 0.417. The molecule has 6 heteroatoms. The molecule has 0 aliphatic carbocycles. The van der Waals surface area contributed by atoms with Crippen molar-refractivity contribution in [2.75, 3.05) is 12.4 Å². The lowest BCUT2D eigenvalue weighted by Gasteiger charge is -2.06. The molecule has 0 fully saturated rings. The summed E-state index contributed by atoms with van der Waals surface area (Å²) in [4.78, 5) is 15.9. The molecule has 0 saturated carbocycles. The average molecular weight is 247 g/mol. The highest BCUT2D eigenvalue weighted by Gasteiger charge is 2.04. The molecule has 0 spiro atoms. The zero-order chi connectivity index (χ0) is 13.1. The first-order valence-corrected chi connectivity index (χ1v) is 5.74. The topological polar surface area (TPSA) is 75.7 Å². The van der Waals surface area contributed by atoms with Crippen LogP contribution in [0.15, 0.2) is 6.07 Å². The Kier molecular flexibility index (Phi) is 3.45. The molecular weight excluding hydrogens is 230 g/mol. The normalized spacial score (nSPS) is 10.4. The zero-order valence-corrected chi connectivity index (χ0v) is 11.0. The van der Waals surface area contributed by atoms with Gasteiger partial charge in [-0.05, 0) is 20.8 Å². The number of H-pyrrole nitrogens is 1. The van der Waals surface area contributed by atoms with Gasteiger partial charge in [0.2, 0.25) is 0 Å². The fourth-order valence-electron chi connectivity index (χ4n) is 1.60. The van der Waals surface area contributed by atoms with Crippen LogP contribution in [0.4, 0.5) is 5.82 Å². The molecule has 0 unspecified atom stereocenters. The van der Waals surface area contributed by atoms with Gasteiger partial charge in [-0.3, -0.25) is 0 Å². The van der Waals surface area contributed by atoms with Gasteiger partial charge in [-0.1, -0.05) is 0 Å². The first-order chi connectivity index (χ1) is 8.58. The number of methoxy groups -OCH3 is 1. The molecule has 0 aliphatic rings. The van der Waals surface area contributed by atoms with Gasteiger partial charge < -0.3 is 15.0 Å². The Bertz CT molecular complexity index is 530. The van der Waals surface area contributed by atoms with Crippen LogP contribution in [0.3, 0.4) is 0 Å². The van der Waals surface area contributed by atoms with Crippen molar-refractivity contribution in [2.24, 2.45) is 0 Å². The molecule has 2 rings (SSSR count). The van der Waals surface area contributed by atoms with E-state index in [0.717, 1.165) is 28.7 Å². The number of hydrogen-bond acceptors (Lipinski definition) is 5. The molecule has 0 atom stereocenters. The van der Waals surface area contributed by atoms with E-state index in [0.29, 0.717) is 12.6 Å². The van der Waals surface area contributed by atoms with Gasteiger partial charge in [0, 0.05) is 17.5 Å². The first kappa shape index (κ1) is 12.3. The highest BCUT2D eigenvalue weighted by Crippen LogP contribution is 2.12. The number of aromatic amines is 1. The third-order valence-corrected chi connectivity index (χ3v) is 2.63. The summed E-state index contributed by atoms with van der Waals surface area (Å²) >= 11 is 0. The van der Waals surface area contributed by atoms with Crippen LogP contribution in [0.1, 0.15) is 22.9 Å². The van der Waals surface area contributed by atoms with E-state index < -0.39 is 0 Å². The Morgan fingerprint density at radius 2 is 2.00 bits per heavy atom. The Morgan fingerprint density at radius 1 is 1.22 bits per heavy atom. The van der Waals surface area contributed by atoms with Crippen molar-refractivity contribution >= 4 is 5.82 Å². The van der Waals surface area contributed by atoms with Crippen LogP contribution in [0.2, 0.25) is 0 Å². The Balaban J connectivity index is 2.07. The summed E-state index contributed by atoms with van der Waals surface area (Å²) in [6.45, 7) is 6.47. The van der Waals surface area contributed by atoms with Crippen molar-refractivity contribution in [3.05, 3.63) is 29.0 Å². The molecule has 0 bridgehead atoms. The third kappa shape index (κ3) is 2.77. The largest absolute Gasteiger partial charge is 0.467 e. The fourth-order valence-corrected chi connectivity index (χ4v) is 1.60. The number of nitrogens with one attached hydrogen (secondary N) is 2. The lowest BCUT2D eigenvalue weighted by Crippen LogP contribution is -2.05. The van der Waals surface area contributed by atoms with E-state index >= 15 is 0 Å². The van der Waals surface area contributed by atoms with Crippen LogP contribution in [0, 0.1) is 20.8 Å². The second-order valence-corrected chi connectivity index (χ2v) is 4.13.